The molecule has 1 atom stereocenters. The molecule has 1 unspecified atom stereocenters. The van der Waals surface area contributed by atoms with Gasteiger partial charge < -0.3 is 5.32 Å². The Morgan fingerprint density at radius 1 is 1.13 bits per heavy atom. The number of nitrogens with zero attached hydrogens (tertiary/aromatic N) is 1. The number of nitrogens with one attached hydrogen (secondary N) is 1. The summed E-state index contributed by atoms with van der Waals surface area (Å²) in [6.07, 6.45) is 0.479. The number of anilines is 1. The van der Waals surface area contributed by atoms with Crippen LogP contribution in [0.25, 0.3) is 0 Å². The van der Waals surface area contributed by atoms with Crippen molar-refractivity contribution in [2.75, 3.05) is 16.6 Å². The number of carbonyl (C=O) groups is 2. The quantitative estimate of drug-likeness (QED) is 0.659. The summed E-state index contributed by atoms with van der Waals surface area (Å²) in [5.74, 6) is -1.67. The van der Waals surface area contributed by atoms with Crippen molar-refractivity contribution in [3.8, 4) is 0 Å². The molecular weight excluding hydrogens is 430 g/mol. The average Bonchev–Trinajstić information content (AvgIpc) is 2.88. The van der Waals surface area contributed by atoms with Crippen LogP contribution in [0, 0.1) is 5.92 Å². The van der Waals surface area contributed by atoms with E-state index >= 15 is 0 Å². The smallest absolute Gasteiger partial charge is 0.251 e. The molecular formula is C19H21N3O6S2. The summed E-state index contributed by atoms with van der Waals surface area (Å²) >= 11 is 0. The van der Waals surface area contributed by atoms with E-state index in [1.807, 2.05) is 0 Å². The Labute approximate surface area is 175 Å². The van der Waals surface area contributed by atoms with Gasteiger partial charge in [0.15, 0.2) is 0 Å². The molecule has 1 fully saturated rings. The first-order valence-electron chi connectivity index (χ1n) is 9.06. The topological polar surface area (TPSA) is 144 Å². The minimum Gasteiger partial charge on any atom is -0.352 e. The monoisotopic (exact) mass is 451 g/mol. The van der Waals surface area contributed by atoms with Crippen molar-refractivity contribution >= 4 is 37.5 Å². The molecule has 30 heavy (non-hydrogen) atoms. The molecule has 2 aromatic carbocycles. The molecule has 3 rings (SSSR count). The minimum atomic E-state index is -3.75. The van der Waals surface area contributed by atoms with Crippen LogP contribution >= 0.6 is 0 Å². The average molecular weight is 452 g/mol. The summed E-state index contributed by atoms with van der Waals surface area (Å²) in [5.41, 5.74) is 1.35. The second kappa shape index (κ2) is 8.17. The number of hydrogen-bond acceptors (Lipinski definition) is 6. The molecule has 0 radical (unpaired) electrons. The lowest BCUT2D eigenvalue weighted by Crippen LogP contribution is -2.30. The SMILES string of the molecule is CC1CS(=O)(=O)N(c2ccc(C(=O)NCCc3ccc(S(N)(=O)=O)cc3)cc2)C1=O. The predicted molar refractivity (Wildman–Crippen MR) is 111 cm³/mol. The van der Waals surface area contributed by atoms with Gasteiger partial charge in [0.1, 0.15) is 0 Å². The standard InChI is InChI=1S/C19H21N3O6S2/c1-13-12-29(25,26)22(19(13)24)16-6-4-15(5-7-16)18(23)21-11-10-14-2-8-17(9-3-14)30(20,27)28/h2-9,13H,10-12H2,1H3,(H,21,23)(H2,20,27,28). The zero-order valence-corrected chi connectivity index (χ0v) is 17.7. The van der Waals surface area contributed by atoms with Gasteiger partial charge in [0.05, 0.1) is 22.3 Å². The molecule has 0 bridgehead atoms. The van der Waals surface area contributed by atoms with Gasteiger partial charge in [0.25, 0.3) is 5.91 Å². The summed E-state index contributed by atoms with van der Waals surface area (Å²) in [4.78, 5) is 24.4. The maximum Gasteiger partial charge on any atom is 0.251 e. The third-order valence-electron chi connectivity index (χ3n) is 4.68. The van der Waals surface area contributed by atoms with E-state index in [9.17, 15) is 26.4 Å². The highest BCUT2D eigenvalue weighted by molar-refractivity contribution is 7.94. The summed E-state index contributed by atoms with van der Waals surface area (Å²) in [7, 11) is -7.44. The number of hydrogen-bond donors (Lipinski definition) is 2. The number of primary sulfonamides is 1. The molecule has 1 heterocycles. The number of sulfonamides is 2. The van der Waals surface area contributed by atoms with E-state index in [4.69, 9.17) is 5.14 Å². The highest BCUT2D eigenvalue weighted by Crippen LogP contribution is 2.28. The highest BCUT2D eigenvalue weighted by atomic mass is 32.2. The highest BCUT2D eigenvalue weighted by Gasteiger charge is 2.41. The summed E-state index contributed by atoms with van der Waals surface area (Å²) in [6, 6.07) is 11.8. The number of carbonyl (C=O) groups excluding carboxylic acids is 2. The number of benzene rings is 2. The lowest BCUT2D eigenvalue weighted by molar-refractivity contribution is -0.119. The molecule has 0 aliphatic carbocycles. The van der Waals surface area contributed by atoms with Crippen LogP contribution in [-0.2, 0) is 31.3 Å². The van der Waals surface area contributed by atoms with Crippen LogP contribution in [0.4, 0.5) is 5.69 Å². The molecule has 0 aromatic heterocycles. The summed E-state index contributed by atoms with van der Waals surface area (Å²) in [6.45, 7) is 1.87. The molecule has 9 nitrogen and oxygen atoms in total. The maximum atomic E-state index is 12.3. The molecule has 0 saturated carbocycles. The van der Waals surface area contributed by atoms with Crippen LogP contribution in [0.5, 0.6) is 0 Å². The lowest BCUT2D eigenvalue weighted by atomic mass is 10.1. The van der Waals surface area contributed by atoms with E-state index in [1.54, 1.807) is 19.1 Å². The summed E-state index contributed by atoms with van der Waals surface area (Å²) in [5, 5.41) is 7.78. The van der Waals surface area contributed by atoms with Crippen LogP contribution in [0.15, 0.2) is 53.4 Å². The van der Waals surface area contributed by atoms with Crippen molar-refractivity contribution in [3.63, 3.8) is 0 Å². The van der Waals surface area contributed by atoms with Crippen LogP contribution in [-0.4, -0.2) is 40.9 Å². The normalized spacial score (nSPS) is 18.4. The molecule has 1 aliphatic heterocycles. The molecule has 1 saturated heterocycles. The van der Waals surface area contributed by atoms with Gasteiger partial charge in [-0.3, -0.25) is 9.59 Å². The second-order valence-electron chi connectivity index (χ2n) is 7.02. The fourth-order valence-corrected chi connectivity index (χ4v) is 5.44. The third-order valence-corrected chi connectivity index (χ3v) is 7.47. The minimum absolute atomic E-state index is 0.0169. The molecule has 3 N–H and O–H groups in total. The molecule has 2 aromatic rings. The molecule has 160 valence electrons. The van der Waals surface area contributed by atoms with Crippen molar-refractivity contribution in [2.45, 2.75) is 18.2 Å². The molecule has 1 aliphatic rings. The van der Waals surface area contributed by atoms with E-state index in [0.29, 0.717) is 18.5 Å². The number of amides is 2. The van der Waals surface area contributed by atoms with Gasteiger partial charge in [-0.15, -0.1) is 0 Å². The van der Waals surface area contributed by atoms with E-state index in [2.05, 4.69) is 5.32 Å². The Kier molecular flexibility index (Phi) is 5.97. The van der Waals surface area contributed by atoms with Gasteiger partial charge >= 0.3 is 0 Å². The summed E-state index contributed by atoms with van der Waals surface area (Å²) < 4.78 is 47.6. The van der Waals surface area contributed by atoms with Crippen molar-refractivity contribution in [3.05, 3.63) is 59.7 Å². The van der Waals surface area contributed by atoms with Gasteiger partial charge in [0, 0.05) is 12.1 Å². The molecule has 0 spiro atoms. The third kappa shape index (κ3) is 4.69. The lowest BCUT2D eigenvalue weighted by Gasteiger charge is -2.15. The van der Waals surface area contributed by atoms with Crippen LogP contribution in [0.3, 0.4) is 0 Å². The largest absolute Gasteiger partial charge is 0.352 e. The van der Waals surface area contributed by atoms with Gasteiger partial charge in [-0.2, -0.15) is 0 Å². The van der Waals surface area contributed by atoms with Crippen molar-refractivity contribution in [1.29, 1.82) is 0 Å². The van der Waals surface area contributed by atoms with Crippen molar-refractivity contribution in [2.24, 2.45) is 11.1 Å². The Bertz CT molecular complexity index is 1170. The maximum absolute atomic E-state index is 12.3. The van der Waals surface area contributed by atoms with Crippen molar-refractivity contribution in [1.82, 2.24) is 5.32 Å². The van der Waals surface area contributed by atoms with Gasteiger partial charge in [0.2, 0.25) is 26.0 Å². The fourth-order valence-electron chi connectivity index (χ4n) is 3.10. The van der Waals surface area contributed by atoms with Gasteiger partial charge in [-0.05, 0) is 48.4 Å². The molecule has 11 heteroatoms. The first-order valence-corrected chi connectivity index (χ1v) is 12.2. The van der Waals surface area contributed by atoms with Gasteiger partial charge in [-0.1, -0.05) is 19.1 Å². The van der Waals surface area contributed by atoms with Crippen molar-refractivity contribution < 1.29 is 26.4 Å². The second-order valence-corrected chi connectivity index (χ2v) is 10.4. The number of nitrogens with two attached hydrogens (primary N) is 1. The van der Waals surface area contributed by atoms with Gasteiger partial charge in [-0.25, -0.2) is 26.3 Å². The first-order chi connectivity index (χ1) is 14.0. The van der Waals surface area contributed by atoms with E-state index in [1.165, 1.54) is 36.4 Å². The Balaban J connectivity index is 1.60. The van der Waals surface area contributed by atoms with E-state index < -0.39 is 31.9 Å². The van der Waals surface area contributed by atoms with Crippen LogP contribution < -0.4 is 14.8 Å². The fraction of sp³-hybridized carbons (Fsp3) is 0.263. The Morgan fingerprint density at radius 2 is 1.73 bits per heavy atom. The zero-order chi connectivity index (χ0) is 22.1. The Hall–Kier alpha value is -2.76. The zero-order valence-electron chi connectivity index (χ0n) is 16.1. The first kappa shape index (κ1) is 21.9. The van der Waals surface area contributed by atoms with Crippen LogP contribution in [0.2, 0.25) is 0 Å². The van der Waals surface area contributed by atoms with E-state index in [0.717, 1.165) is 9.87 Å². The van der Waals surface area contributed by atoms with E-state index in [-0.39, 0.29) is 22.2 Å². The van der Waals surface area contributed by atoms with Crippen LogP contribution in [0.1, 0.15) is 22.8 Å². The Morgan fingerprint density at radius 3 is 2.23 bits per heavy atom. The number of rotatable bonds is 6. The predicted octanol–water partition coefficient (Wildman–Crippen LogP) is 0.619. The molecule has 2 amide bonds.